The molecule has 1 aromatic heterocycles. The summed E-state index contributed by atoms with van der Waals surface area (Å²) in [5, 5.41) is 13.8. The van der Waals surface area contributed by atoms with Crippen molar-refractivity contribution in [1.82, 2.24) is 9.78 Å². The van der Waals surface area contributed by atoms with E-state index < -0.39 is 11.7 Å². The number of rotatable bonds is 4. The van der Waals surface area contributed by atoms with Gasteiger partial charge in [0.05, 0.1) is 30.1 Å². The van der Waals surface area contributed by atoms with E-state index in [-0.39, 0.29) is 24.1 Å². The second-order valence-corrected chi connectivity index (χ2v) is 5.74. The predicted octanol–water partition coefficient (Wildman–Crippen LogP) is 4.22. The van der Waals surface area contributed by atoms with E-state index in [1.807, 2.05) is 13.8 Å². The predicted molar refractivity (Wildman–Crippen MR) is 77.8 cm³/mol. The van der Waals surface area contributed by atoms with Crippen molar-refractivity contribution < 1.29 is 18.3 Å². The molecule has 2 aromatic rings. The molecule has 1 aromatic carbocycles. The topological polar surface area (TPSA) is 38.0 Å². The number of aliphatic hydroxyl groups is 1. The van der Waals surface area contributed by atoms with Crippen LogP contribution in [0.4, 0.5) is 13.2 Å². The summed E-state index contributed by atoms with van der Waals surface area (Å²) in [7, 11) is 0. The van der Waals surface area contributed by atoms with Gasteiger partial charge < -0.3 is 5.11 Å². The van der Waals surface area contributed by atoms with Gasteiger partial charge in [-0.05, 0) is 29.7 Å². The number of aliphatic hydroxyl groups excluding tert-OH is 1. The van der Waals surface area contributed by atoms with Crippen molar-refractivity contribution in [3.63, 3.8) is 0 Å². The van der Waals surface area contributed by atoms with E-state index >= 15 is 0 Å². The Labute approximate surface area is 131 Å². The fraction of sp³-hybridized carbons (Fsp3) is 0.400. The van der Waals surface area contributed by atoms with Crippen molar-refractivity contribution in [2.45, 2.75) is 39.1 Å². The molecule has 0 unspecified atom stereocenters. The van der Waals surface area contributed by atoms with Crippen molar-refractivity contribution in [1.29, 1.82) is 0 Å². The summed E-state index contributed by atoms with van der Waals surface area (Å²) in [5.74, 6) is 0.189. The second-order valence-electron chi connectivity index (χ2n) is 5.33. The molecule has 1 N–H and O–H groups in total. The molecule has 120 valence electrons. The number of hydrogen-bond donors (Lipinski definition) is 1. The lowest BCUT2D eigenvalue weighted by Gasteiger charge is -2.11. The van der Waals surface area contributed by atoms with Crippen molar-refractivity contribution >= 4 is 11.6 Å². The summed E-state index contributed by atoms with van der Waals surface area (Å²) < 4.78 is 39.4. The Kier molecular flexibility index (Phi) is 4.82. The molecule has 0 aliphatic heterocycles. The first-order valence-corrected chi connectivity index (χ1v) is 7.13. The molecule has 0 saturated carbocycles. The number of aromatic nitrogens is 2. The Morgan fingerprint density at radius 1 is 1.27 bits per heavy atom. The normalized spacial score (nSPS) is 12.2. The number of nitrogens with zero attached hydrogens (tertiary/aromatic N) is 2. The van der Waals surface area contributed by atoms with Crippen LogP contribution in [-0.2, 0) is 19.3 Å². The van der Waals surface area contributed by atoms with Gasteiger partial charge in [-0.1, -0.05) is 31.5 Å². The van der Waals surface area contributed by atoms with Gasteiger partial charge in [0.1, 0.15) is 0 Å². The van der Waals surface area contributed by atoms with E-state index in [1.54, 1.807) is 10.7 Å². The summed E-state index contributed by atoms with van der Waals surface area (Å²) in [6.07, 6.45) is -4.42. The van der Waals surface area contributed by atoms with Crippen LogP contribution < -0.4 is 0 Å². The molecule has 2 rings (SSSR count). The molecular weight excluding hydrogens is 317 g/mol. The summed E-state index contributed by atoms with van der Waals surface area (Å²) in [5.41, 5.74) is 1.14. The first-order chi connectivity index (χ1) is 10.2. The van der Waals surface area contributed by atoms with Gasteiger partial charge in [-0.2, -0.15) is 18.3 Å². The van der Waals surface area contributed by atoms with Gasteiger partial charge in [0.15, 0.2) is 0 Å². The van der Waals surface area contributed by atoms with Gasteiger partial charge >= 0.3 is 6.18 Å². The van der Waals surface area contributed by atoms with Gasteiger partial charge in [-0.25, -0.2) is 0 Å². The molecule has 0 amide bonds. The molecule has 22 heavy (non-hydrogen) atoms. The zero-order valence-electron chi connectivity index (χ0n) is 12.2. The summed E-state index contributed by atoms with van der Waals surface area (Å²) in [4.78, 5) is 0. The van der Waals surface area contributed by atoms with Gasteiger partial charge in [-0.3, -0.25) is 4.68 Å². The first-order valence-electron chi connectivity index (χ1n) is 6.75. The molecule has 0 radical (unpaired) electrons. The standard InChI is InChI=1S/C15H16ClF3N2O/c1-9(2)14-6-12(8-22)21(20-14)7-10-3-4-11(5-13(10)16)15(17,18)19/h3-6,9,22H,7-8H2,1-2H3. The van der Waals surface area contributed by atoms with E-state index in [0.29, 0.717) is 11.3 Å². The van der Waals surface area contributed by atoms with Crippen LogP contribution in [-0.4, -0.2) is 14.9 Å². The first kappa shape index (κ1) is 16.8. The Hall–Kier alpha value is -1.53. The van der Waals surface area contributed by atoms with Crippen LogP contribution >= 0.6 is 11.6 Å². The van der Waals surface area contributed by atoms with Gasteiger partial charge in [0.25, 0.3) is 0 Å². The average Bonchev–Trinajstić information content (AvgIpc) is 2.83. The molecule has 0 aliphatic carbocycles. The summed E-state index contributed by atoms with van der Waals surface area (Å²) in [6, 6.07) is 5.01. The lowest BCUT2D eigenvalue weighted by Crippen LogP contribution is -2.09. The largest absolute Gasteiger partial charge is 0.416 e. The van der Waals surface area contributed by atoms with E-state index in [2.05, 4.69) is 5.10 Å². The van der Waals surface area contributed by atoms with Crippen LogP contribution in [0.5, 0.6) is 0 Å². The Balaban J connectivity index is 2.31. The Morgan fingerprint density at radius 3 is 2.45 bits per heavy atom. The van der Waals surface area contributed by atoms with E-state index in [1.165, 1.54) is 6.07 Å². The molecule has 7 heteroatoms. The highest BCUT2D eigenvalue weighted by Crippen LogP contribution is 2.32. The second kappa shape index (κ2) is 6.30. The minimum absolute atomic E-state index is 0.0281. The smallest absolute Gasteiger partial charge is 0.390 e. The maximum atomic E-state index is 12.6. The maximum Gasteiger partial charge on any atom is 0.416 e. The van der Waals surface area contributed by atoms with Gasteiger partial charge in [-0.15, -0.1) is 0 Å². The lowest BCUT2D eigenvalue weighted by molar-refractivity contribution is -0.137. The molecule has 0 atom stereocenters. The van der Waals surface area contributed by atoms with Crippen LogP contribution in [0.3, 0.4) is 0 Å². The number of benzene rings is 1. The molecule has 0 bridgehead atoms. The number of hydrogen-bond acceptors (Lipinski definition) is 2. The van der Waals surface area contributed by atoms with Crippen LogP contribution in [0.15, 0.2) is 24.3 Å². The fourth-order valence-corrected chi connectivity index (χ4v) is 2.28. The summed E-state index contributed by atoms with van der Waals surface area (Å²) in [6.45, 7) is 3.95. The van der Waals surface area contributed by atoms with Crippen molar-refractivity contribution in [2.75, 3.05) is 0 Å². The molecule has 3 nitrogen and oxygen atoms in total. The van der Waals surface area contributed by atoms with Gasteiger partial charge in [0, 0.05) is 5.02 Å². The molecule has 0 fully saturated rings. The minimum atomic E-state index is -4.42. The third-order valence-electron chi connectivity index (χ3n) is 3.34. The zero-order chi connectivity index (χ0) is 16.5. The van der Waals surface area contributed by atoms with Gasteiger partial charge in [0.2, 0.25) is 0 Å². The third kappa shape index (κ3) is 3.62. The average molecular weight is 333 g/mol. The number of halogens is 4. The highest BCUT2D eigenvalue weighted by atomic mass is 35.5. The molecule has 0 aliphatic rings. The third-order valence-corrected chi connectivity index (χ3v) is 3.69. The Bertz CT molecular complexity index is 665. The fourth-order valence-electron chi connectivity index (χ4n) is 2.04. The summed E-state index contributed by atoms with van der Waals surface area (Å²) >= 11 is 5.95. The Morgan fingerprint density at radius 2 is 1.95 bits per heavy atom. The van der Waals surface area contributed by atoms with Crippen molar-refractivity contribution in [3.05, 3.63) is 51.8 Å². The lowest BCUT2D eigenvalue weighted by atomic mass is 10.1. The highest BCUT2D eigenvalue weighted by molar-refractivity contribution is 6.31. The maximum absolute atomic E-state index is 12.6. The monoisotopic (exact) mass is 332 g/mol. The quantitative estimate of drug-likeness (QED) is 0.910. The molecular formula is C15H16ClF3N2O. The van der Waals surface area contributed by atoms with Crippen LogP contribution in [0.25, 0.3) is 0 Å². The van der Waals surface area contributed by atoms with Crippen LogP contribution in [0.1, 0.15) is 42.3 Å². The molecule has 0 saturated heterocycles. The minimum Gasteiger partial charge on any atom is -0.390 e. The van der Waals surface area contributed by atoms with E-state index in [0.717, 1.165) is 17.8 Å². The van der Waals surface area contributed by atoms with E-state index in [9.17, 15) is 18.3 Å². The highest BCUT2D eigenvalue weighted by Gasteiger charge is 2.30. The van der Waals surface area contributed by atoms with E-state index in [4.69, 9.17) is 11.6 Å². The molecule has 1 heterocycles. The van der Waals surface area contributed by atoms with Crippen molar-refractivity contribution in [3.8, 4) is 0 Å². The SMILES string of the molecule is CC(C)c1cc(CO)n(Cc2ccc(C(F)(F)F)cc2Cl)n1. The number of alkyl halides is 3. The van der Waals surface area contributed by atoms with Crippen LogP contribution in [0.2, 0.25) is 5.02 Å². The van der Waals surface area contributed by atoms with Crippen molar-refractivity contribution in [2.24, 2.45) is 0 Å². The zero-order valence-corrected chi connectivity index (χ0v) is 12.9. The molecule has 0 spiro atoms. The van der Waals surface area contributed by atoms with Crippen LogP contribution in [0, 0.1) is 0 Å².